The van der Waals surface area contributed by atoms with E-state index in [0.717, 1.165) is 37.4 Å². The second kappa shape index (κ2) is 9.10. The normalized spacial score (nSPS) is 25.0. The number of carbonyl (C=O) groups excluding carboxylic acids is 2. The Hall–Kier alpha value is -2.54. The van der Waals surface area contributed by atoms with Crippen molar-refractivity contribution in [3.8, 4) is 5.75 Å². The lowest BCUT2D eigenvalue weighted by Crippen LogP contribution is -3.13. The standard InChI is InChI=1S/C21H29N3O4/c1-4-28-20(25)18-16(13-24-11-9-14(2)10-12-24)22-21(26)23-19(18)15-7-5-6-8-17(15)27-3/h5-8,14,19H,4,9-13H2,1-3H3,(H2,22,23,26)/p+1/t19-/m0/s1. The van der Waals surface area contributed by atoms with Crippen LogP contribution >= 0.6 is 0 Å². The third-order valence-corrected chi connectivity index (χ3v) is 5.51. The lowest BCUT2D eigenvalue weighted by Gasteiger charge is -2.33. The molecule has 7 nitrogen and oxygen atoms in total. The van der Waals surface area contributed by atoms with Gasteiger partial charge in [-0.3, -0.25) is 0 Å². The molecule has 1 saturated heterocycles. The summed E-state index contributed by atoms with van der Waals surface area (Å²) in [7, 11) is 1.58. The van der Waals surface area contributed by atoms with Crippen LogP contribution in [0.1, 0.15) is 38.3 Å². The van der Waals surface area contributed by atoms with Crippen LogP contribution in [0.25, 0.3) is 0 Å². The van der Waals surface area contributed by atoms with Crippen LogP contribution in [0.5, 0.6) is 5.75 Å². The number of esters is 1. The van der Waals surface area contributed by atoms with Crippen LogP contribution in [0, 0.1) is 5.92 Å². The second-order valence-electron chi connectivity index (χ2n) is 7.50. The molecule has 0 unspecified atom stereocenters. The molecule has 2 heterocycles. The van der Waals surface area contributed by atoms with Crippen LogP contribution in [-0.2, 0) is 9.53 Å². The summed E-state index contributed by atoms with van der Waals surface area (Å²) in [6, 6.07) is 6.49. The smallest absolute Gasteiger partial charge is 0.338 e. The number of ether oxygens (including phenoxy) is 2. The molecule has 1 atom stereocenters. The van der Waals surface area contributed by atoms with Crippen LogP contribution in [0.3, 0.4) is 0 Å². The fourth-order valence-corrected chi connectivity index (χ4v) is 3.94. The van der Waals surface area contributed by atoms with E-state index in [2.05, 4.69) is 17.6 Å². The summed E-state index contributed by atoms with van der Waals surface area (Å²) in [6.07, 6.45) is 2.30. The van der Waals surface area contributed by atoms with Crippen molar-refractivity contribution in [2.75, 3.05) is 33.4 Å². The zero-order valence-electron chi connectivity index (χ0n) is 16.8. The Morgan fingerprint density at radius 3 is 2.64 bits per heavy atom. The van der Waals surface area contributed by atoms with Crippen LogP contribution in [0.2, 0.25) is 0 Å². The molecule has 0 aromatic heterocycles. The predicted octanol–water partition coefficient (Wildman–Crippen LogP) is 1.18. The fourth-order valence-electron chi connectivity index (χ4n) is 3.94. The van der Waals surface area contributed by atoms with Crippen molar-refractivity contribution in [2.24, 2.45) is 5.92 Å². The summed E-state index contributed by atoms with van der Waals surface area (Å²) in [4.78, 5) is 26.7. The van der Waals surface area contributed by atoms with Crippen LogP contribution in [0.4, 0.5) is 4.79 Å². The van der Waals surface area contributed by atoms with Crippen molar-refractivity contribution in [2.45, 2.75) is 32.7 Å². The molecule has 1 aromatic carbocycles. The minimum atomic E-state index is -0.609. The van der Waals surface area contributed by atoms with Crippen molar-refractivity contribution in [1.29, 1.82) is 0 Å². The van der Waals surface area contributed by atoms with E-state index in [4.69, 9.17) is 9.47 Å². The molecule has 0 radical (unpaired) electrons. The van der Waals surface area contributed by atoms with Gasteiger partial charge in [0.2, 0.25) is 0 Å². The molecule has 0 bridgehead atoms. The molecule has 28 heavy (non-hydrogen) atoms. The monoisotopic (exact) mass is 388 g/mol. The molecule has 2 aliphatic heterocycles. The third kappa shape index (κ3) is 4.47. The minimum Gasteiger partial charge on any atom is -0.496 e. The Balaban J connectivity index is 1.99. The number of carbonyl (C=O) groups is 2. The number of para-hydroxylation sites is 1. The molecular weight excluding hydrogens is 358 g/mol. The summed E-state index contributed by atoms with van der Waals surface area (Å²) in [6.45, 7) is 6.98. The molecule has 2 aliphatic rings. The molecule has 3 N–H and O–H groups in total. The molecule has 2 amide bonds. The van der Waals surface area contributed by atoms with E-state index >= 15 is 0 Å². The maximum atomic E-state index is 12.9. The molecule has 1 fully saturated rings. The Bertz CT molecular complexity index is 754. The first-order chi connectivity index (χ1) is 13.5. The highest BCUT2D eigenvalue weighted by atomic mass is 16.5. The quantitative estimate of drug-likeness (QED) is 0.640. The zero-order valence-corrected chi connectivity index (χ0v) is 16.8. The van der Waals surface area contributed by atoms with E-state index in [9.17, 15) is 9.59 Å². The van der Waals surface area contributed by atoms with E-state index in [1.807, 2.05) is 24.3 Å². The second-order valence-corrected chi connectivity index (χ2v) is 7.50. The average Bonchev–Trinajstić information content (AvgIpc) is 2.69. The van der Waals surface area contributed by atoms with Crippen molar-refractivity contribution in [1.82, 2.24) is 10.6 Å². The third-order valence-electron chi connectivity index (χ3n) is 5.51. The number of hydrogen-bond donors (Lipinski definition) is 3. The number of nitrogens with one attached hydrogen (secondary N) is 3. The van der Waals surface area contributed by atoms with Gasteiger partial charge in [-0.05, 0) is 31.7 Å². The van der Waals surface area contributed by atoms with Crippen molar-refractivity contribution in [3.63, 3.8) is 0 Å². The van der Waals surface area contributed by atoms with Gasteiger partial charge in [0, 0.05) is 5.56 Å². The highest BCUT2D eigenvalue weighted by Crippen LogP contribution is 2.33. The Labute approximate surface area is 166 Å². The van der Waals surface area contributed by atoms with Gasteiger partial charge in [-0.25, -0.2) is 9.59 Å². The van der Waals surface area contributed by atoms with E-state index in [1.54, 1.807) is 14.0 Å². The zero-order chi connectivity index (χ0) is 20.1. The molecule has 0 aliphatic carbocycles. The number of likely N-dealkylation sites (tertiary alicyclic amines) is 1. The average molecular weight is 388 g/mol. The number of quaternary nitrogens is 1. The number of urea groups is 1. The first-order valence-electron chi connectivity index (χ1n) is 9.97. The van der Waals surface area contributed by atoms with Crippen molar-refractivity contribution >= 4 is 12.0 Å². The van der Waals surface area contributed by atoms with Crippen LogP contribution in [0.15, 0.2) is 35.5 Å². The molecule has 1 aromatic rings. The van der Waals surface area contributed by atoms with E-state index < -0.39 is 12.0 Å². The lowest BCUT2D eigenvalue weighted by molar-refractivity contribution is -0.901. The Morgan fingerprint density at radius 2 is 1.96 bits per heavy atom. The summed E-state index contributed by atoms with van der Waals surface area (Å²) in [5.41, 5.74) is 1.84. The van der Waals surface area contributed by atoms with Gasteiger partial charge in [-0.15, -0.1) is 0 Å². The maximum absolute atomic E-state index is 12.9. The van der Waals surface area contributed by atoms with E-state index in [0.29, 0.717) is 23.6 Å². The maximum Gasteiger partial charge on any atom is 0.338 e. The van der Waals surface area contributed by atoms with Gasteiger partial charge < -0.3 is 25.0 Å². The predicted molar refractivity (Wildman–Crippen MR) is 105 cm³/mol. The van der Waals surface area contributed by atoms with Crippen molar-refractivity contribution < 1.29 is 24.0 Å². The fraction of sp³-hybridized carbons (Fsp3) is 0.524. The lowest BCUT2D eigenvalue weighted by atomic mass is 9.93. The van der Waals surface area contributed by atoms with Gasteiger partial charge in [0.1, 0.15) is 12.3 Å². The summed E-state index contributed by atoms with van der Waals surface area (Å²) >= 11 is 0. The topological polar surface area (TPSA) is 81.1 Å². The molecule has 152 valence electrons. The van der Waals surface area contributed by atoms with E-state index in [-0.39, 0.29) is 12.6 Å². The van der Waals surface area contributed by atoms with Crippen LogP contribution < -0.4 is 20.3 Å². The molecule has 0 saturated carbocycles. The van der Waals surface area contributed by atoms with E-state index in [1.165, 1.54) is 4.90 Å². The molecule has 7 heteroatoms. The van der Waals surface area contributed by atoms with Crippen molar-refractivity contribution in [3.05, 3.63) is 41.1 Å². The minimum absolute atomic E-state index is 0.274. The number of piperidine rings is 1. The Kier molecular flexibility index (Phi) is 6.57. The molecule has 3 rings (SSSR count). The largest absolute Gasteiger partial charge is 0.496 e. The number of amides is 2. The SMILES string of the molecule is CCOC(=O)C1=C(C[NH+]2CCC(C)CC2)NC(=O)N[C@H]1c1ccccc1OC. The highest BCUT2D eigenvalue weighted by molar-refractivity contribution is 5.95. The number of rotatable bonds is 6. The van der Waals surface area contributed by atoms with Gasteiger partial charge in [-0.2, -0.15) is 0 Å². The number of hydrogen-bond acceptors (Lipinski definition) is 4. The molecule has 0 spiro atoms. The van der Waals surface area contributed by atoms with Gasteiger partial charge in [0.05, 0.1) is 44.1 Å². The summed E-state index contributed by atoms with van der Waals surface area (Å²) in [5.74, 6) is 0.937. The molecular formula is C21H30N3O4+. The van der Waals surface area contributed by atoms with Gasteiger partial charge in [-0.1, -0.05) is 25.1 Å². The Morgan fingerprint density at radius 1 is 1.25 bits per heavy atom. The van der Waals surface area contributed by atoms with Crippen LogP contribution in [-0.4, -0.2) is 45.4 Å². The van der Waals surface area contributed by atoms with Gasteiger partial charge in [0.15, 0.2) is 0 Å². The number of methoxy groups -OCH3 is 1. The summed E-state index contributed by atoms with van der Waals surface area (Å²) in [5, 5.41) is 5.74. The number of benzene rings is 1. The highest BCUT2D eigenvalue weighted by Gasteiger charge is 2.36. The first kappa shape index (κ1) is 20.2. The van der Waals surface area contributed by atoms with Gasteiger partial charge >= 0.3 is 12.0 Å². The summed E-state index contributed by atoms with van der Waals surface area (Å²) < 4.78 is 10.8. The first-order valence-corrected chi connectivity index (χ1v) is 9.97. The van der Waals surface area contributed by atoms with Gasteiger partial charge in [0.25, 0.3) is 0 Å².